The number of nitrogens with one attached hydrogen (secondary N) is 2. The maximum Gasteiger partial charge on any atom is 0.268 e. The first-order chi connectivity index (χ1) is 14.9. The molecule has 0 aliphatic rings. The number of hydrogen-bond acceptors (Lipinski definition) is 5. The van der Waals surface area contributed by atoms with Crippen LogP contribution in [0.1, 0.15) is 26.4 Å². The molecule has 0 spiro atoms. The van der Waals surface area contributed by atoms with E-state index in [1.807, 2.05) is 6.07 Å². The number of anilines is 1. The number of carbonyl (C=O) groups excluding carboxylic acids is 2. The van der Waals surface area contributed by atoms with E-state index in [0.717, 1.165) is 10.4 Å². The summed E-state index contributed by atoms with van der Waals surface area (Å²) in [5, 5.41) is 16.1. The standard InChI is InChI=1S/C22H16Cl2N4O2S/c1-26-20(29)14-4-2-13(3-5-14)8-16(11-25)21(30)28-22-27-12-18(31-22)10-15-9-17(23)6-7-19(15)24/h2-9,12H,10H2,1H3,(H,26,29)(H,27,28,30). The van der Waals surface area contributed by atoms with E-state index in [0.29, 0.717) is 32.7 Å². The van der Waals surface area contributed by atoms with Crippen LogP contribution in [0.15, 0.2) is 54.2 Å². The first kappa shape index (κ1) is 22.5. The normalized spacial score (nSPS) is 11.0. The van der Waals surface area contributed by atoms with Crippen LogP contribution in [0.5, 0.6) is 0 Å². The maximum atomic E-state index is 12.5. The third-order valence-electron chi connectivity index (χ3n) is 4.22. The van der Waals surface area contributed by atoms with E-state index in [-0.39, 0.29) is 11.5 Å². The van der Waals surface area contributed by atoms with Crippen LogP contribution in [0.4, 0.5) is 5.13 Å². The molecule has 0 aliphatic carbocycles. The van der Waals surface area contributed by atoms with Gasteiger partial charge < -0.3 is 5.32 Å². The van der Waals surface area contributed by atoms with Gasteiger partial charge >= 0.3 is 0 Å². The quantitative estimate of drug-likeness (QED) is 0.393. The highest BCUT2D eigenvalue weighted by Gasteiger charge is 2.13. The van der Waals surface area contributed by atoms with Gasteiger partial charge in [-0.3, -0.25) is 14.9 Å². The van der Waals surface area contributed by atoms with Crippen molar-refractivity contribution in [2.45, 2.75) is 6.42 Å². The largest absolute Gasteiger partial charge is 0.355 e. The SMILES string of the molecule is CNC(=O)c1ccc(C=C(C#N)C(=O)Nc2ncc(Cc3cc(Cl)ccc3Cl)s2)cc1. The molecule has 2 N–H and O–H groups in total. The average Bonchev–Trinajstić information content (AvgIpc) is 3.21. The summed E-state index contributed by atoms with van der Waals surface area (Å²) in [4.78, 5) is 29.2. The summed E-state index contributed by atoms with van der Waals surface area (Å²) < 4.78 is 0. The summed E-state index contributed by atoms with van der Waals surface area (Å²) in [5.74, 6) is -0.785. The molecule has 3 aromatic rings. The Morgan fingerprint density at radius 1 is 1.19 bits per heavy atom. The van der Waals surface area contributed by atoms with Crippen LogP contribution < -0.4 is 10.6 Å². The van der Waals surface area contributed by atoms with Gasteiger partial charge in [-0.15, -0.1) is 11.3 Å². The molecule has 31 heavy (non-hydrogen) atoms. The summed E-state index contributed by atoms with van der Waals surface area (Å²) in [6.45, 7) is 0. The number of hydrogen-bond donors (Lipinski definition) is 2. The van der Waals surface area contributed by atoms with Gasteiger partial charge in [-0.2, -0.15) is 5.26 Å². The van der Waals surface area contributed by atoms with Crippen LogP contribution in [0, 0.1) is 11.3 Å². The highest BCUT2D eigenvalue weighted by Crippen LogP contribution is 2.27. The molecule has 1 heterocycles. The third kappa shape index (κ3) is 5.92. The third-order valence-corrected chi connectivity index (χ3v) is 5.74. The fraction of sp³-hybridized carbons (Fsp3) is 0.0909. The summed E-state index contributed by atoms with van der Waals surface area (Å²) in [5.41, 5.74) is 1.88. The van der Waals surface area contributed by atoms with Crippen molar-refractivity contribution < 1.29 is 9.59 Å². The van der Waals surface area contributed by atoms with Gasteiger partial charge in [0.1, 0.15) is 11.6 Å². The zero-order chi connectivity index (χ0) is 22.4. The number of rotatable bonds is 6. The Balaban J connectivity index is 1.70. The van der Waals surface area contributed by atoms with Crippen LogP contribution in [-0.4, -0.2) is 23.8 Å². The Labute approximate surface area is 193 Å². The van der Waals surface area contributed by atoms with Crippen LogP contribution in [-0.2, 0) is 11.2 Å². The first-order valence-corrected chi connectivity index (χ1v) is 10.6. The number of nitriles is 1. The van der Waals surface area contributed by atoms with Gasteiger partial charge in [-0.05, 0) is 47.5 Å². The molecule has 6 nitrogen and oxygen atoms in total. The van der Waals surface area contributed by atoms with Crippen molar-refractivity contribution in [1.29, 1.82) is 5.26 Å². The van der Waals surface area contributed by atoms with E-state index in [9.17, 15) is 14.9 Å². The molecule has 9 heteroatoms. The molecular weight excluding hydrogens is 455 g/mol. The summed E-state index contributed by atoms with van der Waals surface area (Å²) in [6, 6.07) is 13.7. The van der Waals surface area contributed by atoms with E-state index < -0.39 is 5.91 Å². The van der Waals surface area contributed by atoms with Crippen molar-refractivity contribution in [2.75, 3.05) is 12.4 Å². The Kier molecular flexibility index (Phi) is 7.42. The fourth-order valence-electron chi connectivity index (χ4n) is 2.67. The molecule has 3 rings (SSSR count). The number of amides is 2. The molecule has 0 saturated carbocycles. The van der Waals surface area contributed by atoms with Crippen molar-refractivity contribution in [2.24, 2.45) is 0 Å². The molecule has 0 atom stereocenters. The Morgan fingerprint density at radius 3 is 2.61 bits per heavy atom. The highest BCUT2D eigenvalue weighted by molar-refractivity contribution is 7.15. The minimum atomic E-state index is -0.570. The molecule has 2 aromatic carbocycles. The number of carbonyl (C=O) groups is 2. The molecule has 0 unspecified atom stereocenters. The second-order valence-corrected chi connectivity index (χ2v) is 8.33. The van der Waals surface area contributed by atoms with Gasteiger partial charge in [0.15, 0.2) is 5.13 Å². The number of nitrogens with zero attached hydrogens (tertiary/aromatic N) is 2. The van der Waals surface area contributed by atoms with E-state index in [2.05, 4.69) is 15.6 Å². The Bertz CT molecular complexity index is 1200. The first-order valence-electron chi connectivity index (χ1n) is 9.03. The average molecular weight is 471 g/mol. The zero-order valence-electron chi connectivity index (χ0n) is 16.3. The van der Waals surface area contributed by atoms with Crippen LogP contribution in [0.25, 0.3) is 6.08 Å². The lowest BCUT2D eigenvalue weighted by atomic mass is 10.1. The van der Waals surface area contributed by atoms with Crippen molar-refractivity contribution in [1.82, 2.24) is 10.3 Å². The Hall–Kier alpha value is -3.18. The van der Waals surface area contributed by atoms with Gasteiger partial charge in [-0.25, -0.2) is 4.98 Å². The van der Waals surface area contributed by atoms with Gasteiger partial charge in [0, 0.05) is 40.2 Å². The number of halogens is 2. The maximum absolute atomic E-state index is 12.5. The van der Waals surface area contributed by atoms with Crippen LogP contribution >= 0.6 is 34.5 Å². The Morgan fingerprint density at radius 2 is 1.94 bits per heavy atom. The highest BCUT2D eigenvalue weighted by atomic mass is 35.5. The number of benzene rings is 2. The minimum Gasteiger partial charge on any atom is -0.355 e. The molecule has 1 aromatic heterocycles. The van der Waals surface area contributed by atoms with E-state index in [1.54, 1.807) is 55.7 Å². The fourth-order valence-corrected chi connectivity index (χ4v) is 3.88. The van der Waals surface area contributed by atoms with Gasteiger partial charge in [0.25, 0.3) is 11.8 Å². The monoisotopic (exact) mass is 470 g/mol. The van der Waals surface area contributed by atoms with Gasteiger partial charge in [0.05, 0.1) is 0 Å². The lowest BCUT2D eigenvalue weighted by molar-refractivity contribution is -0.112. The lowest BCUT2D eigenvalue weighted by Crippen LogP contribution is -2.17. The summed E-state index contributed by atoms with van der Waals surface area (Å²) in [7, 11) is 1.54. The van der Waals surface area contributed by atoms with Crippen molar-refractivity contribution >= 4 is 57.6 Å². The topological polar surface area (TPSA) is 94.9 Å². The lowest BCUT2D eigenvalue weighted by Gasteiger charge is -2.03. The number of aromatic nitrogens is 1. The zero-order valence-corrected chi connectivity index (χ0v) is 18.6. The minimum absolute atomic E-state index is 0.0812. The second kappa shape index (κ2) is 10.2. The smallest absolute Gasteiger partial charge is 0.268 e. The predicted octanol–water partition coefficient (Wildman–Crippen LogP) is 4.95. The van der Waals surface area contributed by atoms with Gasteiger partial charge in [-0.1, -0.05) is 35.3 Å². The molecule has 0 bridgehead atoms. The predicted molar refractivity (Wildman–Crippen MR) is 123 cm³/mol. The van der Waals surface area contributed by atoms with Crippen molar-refractivity contribution in [3.05, 3.63) is 85.8 Å². The second-order valence-electron chi connectivity index (χ2n) is 6.37. The molecular formula is C22H16Cl2N4O2S. The molecule has 2 amide bonds. The van der Waals surface area contributed by atoms with Crippen LogP contribution in [0.2, 0.25) is 10.0 Å². The molecule has 156 valence electrons. The van der Waals surface area contributed by atoms with Gasteiger partial charge in [0.2, 0.25) is 0 Å². The molecule has 0 radical (unpaired) electrons. The molecule has 0 saturated heterocycles. The molecule has 0 fully saturated rings. The van der Waals surface area contributed by atoms with E-state index in [4.69, 9.17) is 23.2 Å². The van der Waals surface area contributed by atoms with Crippen molar-refractivity contribution in [3.63, 3.8) is 0 Å². The summed E-state index contributed by atoms with van der Waals surface area (Å²) in [6.07, 6.45) is 3.61. The summed E-state index contributed by atoms with van der Waals surface area (Å²) >= 11 is 13.5. The van der Waals surface area contributed by atoms with Crippen LogP contribution in [0.3, 0.4) is 0 Å². The van der Waals surface area contributed by atoms with E-state index >= 15 is 0 Å². The number of thiazole rings is 1. The van der Waals surface area contributed by atoms with E-state index in [1.165, 1.54) is 17.4 Å². The molecule has 0 aliphatic heterocycles. The van der Waals surface area contributed by atoms with Crippen molar-refractivity contribution in [3.8, 4) is 6.07 Å².